The van der Waals surface area contributed by atoms with Crippen LogP contribution in [-0.4, -0.2) is 25.2 Å². The maximum absolute atomic E-state index is 11.7. The van der Waals surface area contributed by atoms with Crippen molar-refractivity contribution in [3.63, 3.8) is 0 Å². The highest BCUT2D eigenvalue weighted by Crippen LogP contribution is 2.27. The highest BCUT2D eigenvalue weighted by Gasteiger charge is 2.26. The van der Waals surface area contributed by atoms with Crippen LogP contribution in [0.3, 0.4) is 0 Å². The fraction of sp³-hybridized carbons (Fsp3) is 0.462. The van der Waals surface area contributed by atoms with Gasteiger partial charge in [0.2, 0.25) is 0 Å². The van der Waals surface area contributed by atoms with Gasteiger partial charge in [0.1, 0.15) is 0 Å². The van der Waals surface area contributed by atoms with Gasteiger partial charge in [-0.15, -0.1) is 0 Å². The summed E-state index contributed by atoms with van der Waals surface area (Å²) in [6.07, 6.45) is 1.65. The summed E-state index contributed by atoms with van der Waals surface area (Å²) < 4.78 is 10.8. The summed E-state index contributed by atoms with van der Waals surface area (Å²) in [6, 6.07) is 7.66. The molecule has 0 aliphatic heterocycles. The molecule has 1 amide bonds. The molecule has 1 aliphatic rings. The molecule has 17 heavy (non-hydrogen) atoms. The van der Waals surface area contributed by atoms with E-state index >= 15 is 0 Å². The molecule has 92 valence electrons. The summed E-state index contributed by atoms with van der Waals surface area (Å²) in [5, 5.41) is 2.91. The first-order valence-corrected chi connectivity index (χ1v) is 5.80. The van der Waals surface area contributed by atoms with Gasteiger partial charge in [-0.05, 0) is 31.9 Å². The number of nitrogens with one attached hydrogen (secondary N) is 1. The number of ether oxygens (including phenoxy) is 2. The van der Waals surface area contributed by atoms with Crippen molar-refractivity contribution in [1.82, 2.24) is 5.32 Å². The first-order chi connectivity index (χ1) is 8.20. The number of methoxy groups -OCH3 is 1. The molecule has 0 aromatic heterocycles. The predicted molar refractivity (Wildman–Crippen MR) is 64.2 cm³/mol. The van der Waals surface area contributed by atoms with Crippen molar-refractivity contribution in [2.45, 2.75) is 31.9 Å². The molecule has 1 atom stereocenters. The third kappa shape index (κ3) is 3.12. The van der Waals surface area contributed by atoms with E-state index in [-0.39, 0.29) is 5.91 Å². The van der Waals surface area contributed by atoms with Crippen LogP contribution in [0.25, 0.3) is 0 Å². The zero-order valence-electron chi connectivity index (χ0n) is 10.1. The van der Waals surface area contributed by atoms with Gasteiger partial charge in [0.25, 0.3) is 5.91 Å². The molecule has 0 spiro atoms. The molecule has 2 rings (SSSR count). The lowest BCUT2D eigenvalue weighted by Crippen LogP contribution is -2.37. The third-order valence-electron chi connectivity index (χ3n) is 2.67. The predicted octanol–water partition coefficient (Wildman–Crippen LogP) is 1.74. The Kier molecular flexibility index (Phi) is 3.52. The molecule has 1 aromatic carbocycles. The number of benzene rings is 1. The fourth-order valence-electron chi connectivity index (χ4n) is 1.51. The molecule has 1 fully saturated rings. The van der Waals surface area contributed by atoms with Crippen LogP contribution < -0.4 is 14.8 Å². The molecule has 4 nitrogen and oxygen atoms in total. The minimum atomic E-state index is -0.508. The Balaban J connectivity index is 1.96. The Bertz CT molecular complexity index is 401. The summed E-state index contributed by atoms with van der Waals surface area (Å²) in [5.74, 6) is 1.16. The Hall–Kier alpha value is -1.71. The Morgan fingerprint density at radius 2 is 2.00 bits per heavy atom. The van der Waals surface area contributed by atoms with Gasteiger partial charge in [-0.25, -0.2) is 0 Å². The van der Waals surface area contributed by atoms with E-state index in [2.05, 4.69) is 5.32 Å². The van der Waals surface area contributed by atoms with Crippen LogP contribution >= 0.6 is 0 Å². The van der Waals surface area contributed by atoms with E-state index in [0.717, 1.165) is 12.8 Å². The third-order valence-corrected chi connectivity index (χ3v) is 2.67. The summed E-state index contributed by atoms with van der Waals surface area (Å²) >= 11 is 0. The summed E-state index contributed by atoms with van der Waals surface area (Å²) in [5.41, 5.74) is 0. The second-order valence-corrected chi connectivity index (χ2v) is 4.19. The van der Waals surface area contributed by atoms with Crippen molar-refractivity contribution >= 4 is 5.91 Å². The highest BCUT2D eigenvalue weighted by molar-refractivity contribution is 5.81. The molecule has 4 heteroatoms. The van der Waals surface area contributed by atoms with Crippen LogP contribution in [-0.2, 0) is 4.79 Å². The fourth-order valence-corrected chi connectivity index (χ4v) is 1.51. The van der Waals surface area contributed by atoms with Gasteiger partial charge >= 0.3 is 0 Å². The Labute approximate surface area is 101 Å². The van der Waals surface area contributed by atoms with Crippen molar-refractivity contribution in [2.75, 3.05) is 7.11 Å². The normalized spacial score (nSPS) is 16.1. The van der Waals surface area contributed by atoms with Crippen molar-refractivity contribution in [3.05, 3.63) is 24.3 Å². The van der Waals surface area contributed by atoms with E-state index in [1.165, 1.54) is 0 Å². The molecule has 0 saturated heterocycles. The number of carbonyl (C=O) groups is 1. The number of rotatable bonds is 5. The van der Waals surface area contributed by atoms with E-state index in [9.17, 15) is 4.79 Å². The number of hydrogen-bond donors (Lipinski definition) is 1. The van der Waals surface area contributed by atoms with Gasteiger partial charge < -0.3 is 14.8 Å². The zero-order chi connectivity index (χ0) is 12.3. The van der Waals surface area contributed by atoms with Crippen LogP contribution in [0.2, 0.25) is 0 Å². The van der Waals surface area contributed by atoms with E-state index in [4.69, 9.17) is 9.47 Å². The molecule has 0 radical (unpaired) electrons. The second kappa shape index (κ2) is 5.08. The molecule has 0 unspecified atom stereocenters. The average molecular weight is 235 g/mol. The molecule has 1 saturated carbocycles. The molecule has 1 aromatic rings. The average Bonchev–Trinajstić information content (AvgIpc) is 3.13. The second-order valence-electron chi connectivity index (χ2n) is 4.19. The van der Waals surface area contributed by atoms with Gasteiger partial charge in [-0.1, -0.05) is 12.1 Å². The molecule has 1 N–H and O–H groups in total. The maximum atomic E-state index is 11.7. The van der Waals surface area contributed by atoms with Gasteiger partial charge in [0.05, 0.1) is 7.11 Å². The first-order valence-electron chi connectivity index (χ1n) is 5.80. The van der Waals surface area contributed by atoms with Gasteiger partial charge in [0, 0.05) is 6.04 Å². The number of hydrogen-bond acceptors (Lipinski definition) is 3. The molecular weight excluding hydrogens is 218 g/mol. The largest absolute Gasteiger partial charge is 0.493 e. The number of carbonyl (C=O) groups excluding carboxylic acids is 1. The molecular formula is C13H17NO3. The quantitative estimate of drug-likeness (QED) is 0.845. The van der Waals surface area contributed by atoms with Gasteiger partial charge in [-0.2, -0.15) is 0 Å². The molecule has 0 heterocycles. The lowest BCUT2D eigenvalue weighted by Gasteiger charge is -2.16. The van der Waals surface area contributed by atoms with Crippen LogP contribution in [0.15, 0.2) is 24.3 Å². The molecule has 1 aliphatic carbocycles. The zero-order valence-corrected chi connectivity index (χ0v) is 10.1. The van der Waals surface area contributed by atoms with Crippen molar-refractivity contribution in [2.24, 2.45) is 0 Å². The number of amides is 1. The van der Waals surface area contributed by atoms with Crippen molar-refractivity contribution in [3.8, 4) is 11.5 Å². The molecule has 0 bridgehead atoms. The summed E-state index contributed by atoms with van der Waals surface area (Å²) in [7, 11) is 1.58. The van der Waals surface area contributed by atoms with E-state index in [0.29, 0.717) is 17.5 Å². The van der Waals surface area contributed by atoms with Crippen molar-refractivity contribution in [1.29, 1.82) is 0 Å². The van der Waals surface area contributed by atoms with Gasteiger partial charge in [-0.3, -0.25) is 4.79 Å². The smallest absolute Gasteiger partial charge is 0.260 e. The minimum Gasteiger partial charge on any atom is -0.493 e. The monoisotopic (exact) mass is 235 g/mol. The van der Waals surface area contributed by atoms with Crippen molar-refractivity contribution < 1.29 is 14.3 Å². The van der Waals surface area contributed by atoms with E-state index < -0.39 is 6.10 Å². The van der Waals surface area contributed by atoms with E-state index in [1.807, 2.05) is 12.1 Å². The minimum absolute atomic E-state index is 0.0709. The van der Waals surface area contributed by atoms with Crippen LogP contribution in [0.1, 0.15) is 19.8 Å². The lowest BCUT2D eigenvalue weighted by molar-refractivity contribution is -0.127. The number of para-hydroxylation sites is 2. The van der Waals surface area contributed by atoms with Crippen LogP contribution in [0, 0.1) is 0 Å². The highest BCUT2D eigenvalue weighted by atomic mass is 16.5. The Morgan fingerprint density at radius 3 is 2.59 bits per heavy atom. The summed E-state index contributed by atoms with van der Waals surface area (Å²) in [6.45, 7) is 1.74. The van der Waals surface area contributed by atoms with E-state index in [1.54, 1.807) is 26.2 Å². The SMILES string of the molecule is COc1ccccc1O[C@@H](C)C(=O)NC1CC1. The van der Waals surface area contributed by atoms with Gasteiger partial charge in [0.15, 0.2) is 17.6 Å². The van der Waals surface area contributed by atoms with Crippen LogP contribution in [0.4, 0.5) is 0 Å². The first kappa shape index (κ1) is 11.8. The Morgan fingerprint density at radius 1 is 1.35 bits per heavy atom. The summed E-state index contributed by atoms with van der Waals surface area (Å²) in [4.78, 5) is 11.7. The lowest BCUT2D eigenvalue weighted by atomic mass is 10.3. The maximum Gasteiger partial charge on any atom is 0.260 e. The van der Waals surface area contributed by atoms with Crippen LogP contribution in [0.5, 0.6) is 11.5 Å². The standard InChI is InChI=1S/C13H17NO3/c1-9(13(15)14-10-7-8-10)17-12-6-4-3-5-11(12)16-2/h3-6,9-10H,7-8H2,1-2H3,(H,14,15)/t9-/m0/s1. The topological polar surface area (TPSA) is 47.6 Å².